The van der Waals surface area contributed by atoms with E-state index in [4.69, 9.17) is 5.11 Å². The molecule has 0 heterocycles. The Labute approximate surface area is 114 Å². The zero-order valence-electron chi connectivity index (χ0n) is 10.3. The lowest BCUT2D eigenvalue weighted by atomic mass is 10.2. The van der Waals surface area contributed by atoms with Gasteiger partial charge in [0.1, 0.15) is 0 Å². The van der Waals surface area contributed by atoms with Gasteiger partial charge >= 0.3 is 5.97 Å². The maximum absolute atomic E-state index is 14.1. The second kappa shape index (κ2) is 4.88. The highest BCUT2D eigenvalue weighted by atomic mass is 79.9. The maximum atomic E-state index is 14.1. The molecule has 1 N–H and O–H groups in total. The van der Waals surface area contributed by atoms with Gasteiger partial charge in [-0.3, -0.25) is 0 Å². The van der Waals surface area contributed by atoms with Gasteiger partial charge in [-0.05, 0) is 46.3 Å². The fourth-order valence-electron chi connectivity index (χ4n) is 2.10. The summed E-state index contributed by atoms with van der Waals surface area (Å²) in [6.07, 6.45) is 1.18. The van der Waals surface area contributed by atoms with Crippen molar-refractivity contribution < 1.29 is 14.3 Å². The normalized spacial score (nSPS) is 21.8. The summed E-state index contributed by atoms with van der Waals surface area (Å²) in [4.78, 5) is 12.7. The molecule has 1 fully saturated rings. The van der Waals surface area contributed by atoms with E-state index < -0.39 is 11.8 Å². The molecule has 1 saturated carbocycles. The molecule has 2 atom stereocenters. The molecular formula is C13H15BrFNO2. The molecule has 2 rings (SSSR count). The van der Waals surface area contributed by atoms with Crippen molar-refractivity contribution in [2.45, 2.75) is 13.3 Å². The Bertz CT molecular complexity index is 492. The molecule has 1 aromatic rings. The first-order chi connectivity index (χ1) is 8.41. The van der Waals surface area contributed by atoms with E-state index in [9.17, 15) is 9.18 Å². The molecule has 0 aromatic heterocycles. The van der Waals surface area contributed by atoms with E-state index in [1.54, 1.807) is 0 Å². The highest BCUT2D eigenvalue weighted by Crippen LogP contribution is 2.39. The minimum Gasteiger partial charge on any atom is -0.478 e. The number of hydrogen-bond donors (Lipinski definition) is 1. The smallest absolute Gasteiger partial charge is 0.336 e. The Morgan fingerprint density at radius 1 is 1.61 bits per heavy atom. The minimum atomic E-state index is -1.13. The maximum Gasteiger partial charge on any atom is 0.336 e. The Hall–Kier alpha value is -1.10. The lowest BCUT2D eigenvalue weighted by Crippen LogP contribution is -2.22. The number of carboxylic acid groups (broad SMARTS) is 1. The molecular weight excluding hydrogens is 301 g/mol. The lowest BCUT2D eigenvalue weighted by Gasteiger charge is -2.21. The van der Waals surface area contributed by atoms with E-state index in [-0.39, 0.29) is 10.0 Å². The quantitative estimate of drug-likeness (QED) is 0.926. The molecule has 1 aromatic carbocycles. The van der Waals surface area contributed by atoms with E-state index in [0.717, 1.165) is 6.54 Å². The molecule has 3 nitrogen and oxygen atoms in total. The number of aromatic carboxylic acids is 1. The molecule has 1 aliphatic rings. The number of carbonyl (C=O) groups is 1. The average Bonchev–Trinajstić information content (AvgIpc) is 2.97. The summed E-state index contributed by atoms with van der Waals surface area (Å²) in [5, 5.41) is 8.90. The van der Waals surface area contributed by atoms with Crippen LogP contribution in [0, 0.1) is 17.7 Å². The van der Waals surface area contributed by atoms with Crippen LogP contribution in [0.25, 0.3) is 0 Å². The van der Waals surface area contributed by atoms with Crippen LogP contribution in [0.4, 0.5) is 10.1 Å². The van der Waals surface area contributed by atoms with Gasteiger partial charge in [-0.25, -0.2) is 9.18 Å². The summed E-state index contributed by atoms with van der Waals surface area (Å²) >= 11 is 3.01. The molecule has 0 spiro atoms. The molecule has 2 unspecified atom stereocenters. The van der Waals surface area contributed by atoms with Crippen LogP contribution < -0.4 is 4.90 Å². The van der Waals surface area contributed by atoms with Gasteiger partial charge in [0.25, 0.3) is 0 Å². The number of hydrogen-bond acceptors (Lipinski definition) is 2. The molecule has 0 saturated heterocycles. The third-order valence-corrected chi connectivity index (χ3v) is 4.26. The average molecular weight is 316 g/mol. The standard InChI is InChI=1S/C13H15BrFNO2/c1-7-5-8(7)6-16(2)10-4-3-9(13(17)18)11(14)12(10)15/h3-4,7-8H,5-6H2,1-2H3,(H,17,18). The van der Waals surface area contributed by atoms with E-state index >= 15 is 0 Å². The summed E-state index contributed by atoms with van der Waals surface area (Å²) in [5.74, 6) is -0.318. The minimum absolute atomic E-state index is 0.0168. The fraction of sp³-hybridized carbons (Fsp3) is 0.462. The molecule has 0 bridgehead atoms. The van der Waals surface area contributed by atoms with Crippen molar-refractivity contribution in [3.63, 3.8) is 0 Å². The van der Waals surface area contributed by atoms with Crippen LogP contribution in [0.3, 0.4) is 0 Å². The first-order valence-corrected chi connectivity index (χ1v) is 6.63. The molecule has 1 aliphatic carbocycles. The summed E-state index contributed by atoms with van der Waals surface area (Å²) in [5.41, 5.74) is 0.385. The fourth-order valence-corrected chi connectivity index (χ4v) is 2.61. The van der Waals surface area contributed by atoms with Gasteiger partial charge in [0.2, 0.25) is 0 Å². The number of carboxylic acids is 1. The van der Waals surface area contributed by atoms with E-state index in [2.05, 4.69) is 22.9 Å². The van der Waals surface area contributed by atoms with Crippen LogP contribution in [0.15, 0.2) is 16.6 Å². The van der Waals surface area contributed by atoms with Crippen LogP contribution in [-0.2, 0) is 0 Å². The molecule has 5 heteroatoms. The summed E-state index contributed by atoms with van der Waals surface area (Å²) in [6.45, 7) is 2.98. The van der Waals surface area contributed by atoms with Crippen LogP contribution in [0.1, 0.15) is 23.7 Å². The van der Waals surface area contributed by atoms with Gasteiger partial charge < -0.3 is 10.0 Å². The second-order valence-corrected chi connectivity index (χ2v) is 5.71. The van der Waals surface area contributed by atoms with Crippen molar-refractivity contribution in [2.75, 3.05) is 18.5 Å². The predicted molar refractivity (Wildman–Crippen MR) is 71.6 cm³/mol. The Balaban J connectivity index is 2.23. The van der Waals surface area contributed by atoms with Crippen molar-refractivity contribution >= 4 is 27.6 Å². The third-order valence-electron chi connectivity index (χ3n) is 3.49. The van der Waals surface area contributed by atoms with Crippen LogP contribution in [0.2, 0.25) is 0 Å². The Kier molecular flexibility index (Phi) is 3.61. The van der Waals surface area contributed by atoms with E-state index in [1.165, 1.54) is 18.6 Å². The SMILES string of the molecule is CC1CC1CN(C)c1ccc(C(=O)O)c(Br)c1F. The van der Waals surface area contributed by atoms with Gasteiger partial charge in [0.05, 0.1) is 15.7 Å². The van der Waals surface area contributed by atoms with Crippen LogP contribution in [-0.4, -0.2) is 24.7 Å². The molecule has 0 aliphatic heterocycles. The number of anilines is 1. The monoisotopic (exact) mass is 315 g/mol. The number of rotatable bonds is 4. The second-order valence-electron chi connectivity index (χ2n) is 4.92. The van der Waals surface area contributed by atoms with Crippen molar-refractivity contribution in [3.05, 3.63) is 28.0 Å². The largest absolute Gasteiger partial charge is 0.478 e. The Morgan fingerprint density at radius 3 is 2.72 bits per heavy atom. The summed E-state index contributed by atoms with van der Waals surface area (Å²) in [7, 11) is 1.83. The molecule has 0 amide bonds. The summed E-state index contributed by atoms with van der Waals surface area (Å²) < 4.78 is 14.1. The van der Waals surface area contributed by atoms with Crippen molar-refractivity contribution in [3.8, 4) is 0 Å². The van der Waals surface area contributed by atoms with Gasteiger partial charge in [-0.15, -0.1) is 0 Å². The lowest BCUT2D eigenvalue weighted by molar-refractivity contribution is 0.0695. The summed E-state index contributed by atoms with van der Waals surface area (Å²) in [6, 6.07) is 2.95. The first-order valence-electron chi connectivity index (χ1n) is 5.84. The van der Waals surface area contributed by atoms with Crippen molar-refractivity contribution in [1.82, 2.24) is 0 Å². The Morgan fingerprint density at radius 2 is 2.22 bits per heavy atom. The van der Waals surface area contributed by atoms with Gasteiger partial charge in [-0.1, -0.05) is 6.92 Å². The van der Waals surface area contributed by atoms with Crippen LogP contribution in [0.5, 0.6) is 0 Å². The van der Waals surface area contributed by atoms with E-state index in [0.29, 0.717) is 17.5 Å². The predicted octanol–water partition coefficient (Wildman–Crippen LogP) is 3.38. The van der Waals surface area contributed by atoms with Gasteiger partial charge in [0.15, 0.2) is 5.82 Å². The number of nitrogens with zero attached hydrogens (tertiary/aromatic N) is 1. The van der Waals surface area contributed by atoms with E-state index in [1.807, 2.05) is 11.9 Å². The van der Waals surface area contributed by atoms with Crippen molar-refractivity contribution in [2.24, 2.45) is 11.8 Å². The third kappa shape index (κ3) is 2.51. The van der Waals surface area contributed by atoms with Crippen molar-refractivity contribution in [1.29, 1.82) is 0 Å². The zero-order chi connectivity index (χ0) is 13.4. The topological polar surface area (TPSA) is 40.5 Å². The van der Waals surface area contributed by atoms with Gasteiger partial charge in [0, 0.05) is 13.6 Å². The number of benzene rings is 1. The van der Waals surface area contributed by atoms with Gasteiger partial charge in [-0.2, -0.15) is 0 Å². The van der Waals surface area contributed by atoms with Crippen LogP contribution >= 0.6 is 15.9 Å². The molecule has 0 radical (unpaired) electrons. The molecule has 98 valence electrons. The zero-order valence-corrected chi connectivity index (χ0v) is 11.9. The highest BCUT2D eigenvalue weighted by molar-refractivity contribution is 9.10. The first kappa shape index (κ1) is 13.3. The highest BCUT2D eigenvalue weighted by Gasteiger charge is 2.33. The molecule has 18 heavy (non-hydrogen) atoms. The number of halogens is 2.